The molecule has 3 rings (SSSR count). The molecule has 0 bridgehead atoms. The molecule has 1 aliphatic heterocycles. The Morgan fingerprint density at radius 2 is 2.08 bits per heavy atom. The van der Waals surface area contributed by atoms with Crippen molar-refractivity contribution in [3.05, 3.63) is 50.9 Å². The molecule has 0 saturated carbocycles. The van der Waals surface area contributed by atoms with Gasteiger partial charge in [0.15, 0.2) is 0 Å². The molecule has 25 heavy (non-hydrogen) atoms. The zero-order chi connectivity index (χ0) is 18.0. The topological polar surface area (TPSA) is 98.7 Å². The molecule has 0 spiro atoms. The van der Waals surface area contributed by atoms with Gasteiger partial charge in [-0.3, -0.25) is 10.1 Å². The summed E-state index contributed by atoms with van der Waals surface area (Å²) in [5.41, 5.74) is 1.98. The summed E-state index contributed by atoms with van der Waals surface area (Å²) in [6, 6.07) is 4.47. The maximum atomic E-state index is 12.3. The third kappa shape index (κ3) is 3.47. The molecule has 8 heteroatoms. The van der Waals surface area contributed by atoms with Crippen LogP contribution >= 0.6 is 0 Å². The van der Waals surface area contributed by atoms with Gasteiger partial charge in [0.1, 0.15) is 18.1 Å². The van der Waals surface area contributed by atoms with Crippen molar-refractivity contribution in [3.63, 3.8) is 0 Å². The number of benzene rings is 1. The molecule has 1 aliphatic rings. The van der Waals surface area contributed by atoms with Gasteiger partial charge in [-0.05, 0) is 38.8 Å². The van der Waals surface area contributed by atoms with E-state index in [4.69, 9.17) is 9.26 Å². The SMILES string of the molecule is Cc1noc(C)c1COC(=O)c1ccc(N2CCCC2)c([N+](=O)[O-])c1. The third-order valence-electron chi connectivity index (χ3n) is 4.38. The highest BCUT2D eigenvalue weighted by Gasteiger charge is 2.24. The minimum absolute atomic E-state index is 0.0155. The number of esters is 1. The number of carbonyl (C=O) groups is 1. The van der Waals surface area contributed by atoms with Crippen LogP contribution in [0, 0.1) is 24.0 Å². The molecule has 0 amide bonds. The van der Waals surface area contributed by atoms with E-state index in [2.05, 4.69) is 5.16 Å². The van der Waals surface area contributed by atoms with E-state index in [-0.39, 0.29) is 17.9 Å². The van der Waals surface area contributed by atoms with Gasteiger partial charge in [0.25, 0.3) is 5.69 Å². The van der Waals surface area contributed by atoms with Crippen molar-refractivity contribution in [2.75, 3.05) is 18.0 Å². The number of carbonyl (C=O) groups excluding carboxylic acids is 1. The van der Waals surface area contributed by atoms with Crippen molar-refractivity contribution in [3.8, 4) is 0 Å². The Balaban J connectivity index is 1.78. The Labute approximate surface area is 144 Å². The largest absolute Gasteiger partial charge is 0.457 e. The minimum atomic E-state index is -0.615. The molecule has 1 saturated heterocycles. The third-order valence-corrected chi connectivity index (χ3v) is 4.38. The molecule has 0 atom stereocenters. The molecule has 1 aromatic heterocycles. The van der Waals surface area contributed by atoms with Crippen LogP contribution in [0.25, 0.3) is 0 Å². The number of ether oxygens (including phenoxy) is 1. The number of aromatic nitrogens is 1. The smallest absolute Gasteiger partial charge is 0.338 e. The zero-order valence-corrected chi connectivity index (χ0v) is 14.2. The van der Waals surface area contributed by atoms with E-state index in [0.717, 1.165) is 25.9 Å². The highest BCUT2D eigenvalue weighted by molar-refractivity contribution is 5.91. The minimum Gasteiger partial charge on any atom is -0.457 e. The Bertz CT molecular complexity index is 789. The van der Waals surface area contributed by atoms with Gasteiger partial charge >= 0.3 is 5.97 Å². The molecular formula is C17H19N3O5. The van der Waals surface area contributed by atoms with E-state index in [1.165, 1.54) is 6.07 Å². The molecule has 132 valence electrons. The number of nitro groups is 1. The van der Waals surface area contributed by atoms with Gasteiger partial charge in [-0.1, -0.05) is 5.16 Å². The first-order valence-corrected chi connectivity index (χ1v) is 8.09. The van der Waals surface area contributed by atoms with Crippen LogP contribution in [0.2, 0.25) is 0 Å². The molecule has 2 heterocycles. The number of hydrogen-bond donors (Lipinski definition) is 0. The highest BCUT2D eigenvalue weighted by atomic mass is 16.6. The summed E-state index contributed by atoms with van der Waals surface area (Å²) in [6.07, 6.45) is 2.02. The summed E-state index contributed by atoms with van der Waals surface area (Å²) in [6.45, 7) is 5.09. The molecule has 0 N–H and O–H groups in total. The van der Waals surface area contributed by atoms with Crippen LogP contribution < -0.4 is 4.90 Å². The summed E-state index contributed by atoms with van der Waals surface area (Å²) < 4.78 is 10.3. The second-order valence-electron chi connectivity index (χ2n) is 6.03. The number of anilines is 1. The molecule has 0 radical (unpaired) electrons. The first-order valence-electron chi connectivity index (χ1n) is 8.09. The number of nitrogens with zero attached hydrogens (tertiary/aromatic N) is 3. The fourth-order valence-electron chi connectivity index (χ4n) is 2.95. The summed E-state index contributed by atoms with van der Waals surface area (Å²) in [5, 5.41) is 15.2. The van der Waals surface area contributed by atoms with Crippen molar-refractivity contribution in [2.24, 2.45) is 0 Å². The van der Waals surface area contributed by atoms with Crippen LogP contribution in [0.5, 0.6) is 0 Å². The normalized spacial score (nSPS) is 13.9. The summed E-state index contributed by atoms with van der Waals surface area (Å²) >= 11 is 0. The van der Waals surface area contributed by atoms with E-state index in [9.17, 15) is 14.9 Å². The average molecular weight is 345 g/mol. The maximum absolute atomic E-state index is 12.3. The molecule has 1 fully saturated rings. The predicted octanol–water partition coefficient (Wildman–Crippen LogP) is 3.16. The van der Waals surface area contributed by atoms with Gasteiger partial charge in [0.05, 0.1) is 21.7 Å². The van der Waals surface area contributed by atoms with E-state index in [0.29, 0.717) is 22.7 Å². The number of rotatable bonds is 5. The maximum Gasteiger partial charge on any atom is 0.338 e. The predicted molar refractivity (Wildman–Crippen MR) is 89.6 cm³/mol. The molecule has 8 nitrogen and oxygen atoms in total. The van der Waals surface area contributed by atoms with Crippen LogP contribution in [0.3, 0.4) is 0 Å². The Morgan fingerprint density at radius 3 is 2.68 bits per heavy atom. The zero-order valence-electron chi connectivity index (χ0n) is 14.2. The highest BCUT2D eigenvalue weighted by Crippen LogP contribution is 2.32. The van der Waals surface area contributed by atoms with Crippen LogP contribution in [0.4, 0.5) is 11.4 Å². The summed E-state index contributed by atoms with van der Waals surface area (Å²) in [4.78, 5) is 25.2. The number of nitro benzene ring substituents is 1. The standard InChI is InChI=1S/C17H19N3O5/c1-11-14(12(2)25-18-11)10-24-17(21)13-5-6-15(16(9-13)20(22)23)19-7-3-4-8-19/h5-6,9H,3-4,7-8,10H2,1-2H3. The van der Waals surface area contributed by atoms with Gasteiger partial charge in [-0.2, -0.15) is 0 Å². The van der Waals surface area contributed by atoms with E-state index in [1.807, 2.05) is 4.90 Å². The fourth-order valence-corrected chi connectivity index (χ4v) is 2.95. The van der Waals surface area contributed by atoms with Crippen molar-refractivity contribution < 1.29 is 19.0 Å². The van der Waals surface area contributed by atoms with E-state index >= 15 is 0 Å². The second kappa shape index (κ2) is 6.92. The second-order valence-corrected chi connectivity index (χ2v) is 6.03. The Hall–Kier alpha value is -2.90. The van der Waals surface area contributed by atoms with Crippen molar-refractivity contribution in [1.29, 1.82) is 0 Å². The molecular weight excluding hydrogens is 326 g/mol. The molecule has 2 aromatic rings. The van der Waals surface area contributed by atoms with E-state index < -0.39 is 10.9 Å². The lowest BCUT2D eigenvalue weighted by molar-refractivity contribution is -0.384. The molecule has 1 aromatic carbocycles. The van der Waals surface area contributed by atoms with Crippen molar-refractivity contribution in [2.45, 2.75) is 33.3 Å². The molecule has 0 aliphatic carbocycles. The van der Waals surface area contributed by atoms with Crippen LogP contribution in [0.15, 0.2) is 22.7 Å². The van der Waals surface area contributed by atoms with Gasteiger partial charge in [-0.25, -0.2) is 4.79 Å². The summed E-state index contributed by atoms with van der Waals surface area (Å²) in [7, 11) is 0. The Kier molecular flexibility index (Phi) is 4.69. The summed E-state index contributed by atoms with van der Waals surface area (Å²) in [5.74, 6) is -0.0308. The first-order chi connectivity index (χ1) is 12.0. The lowest BCUT2D eigenvalue weighted by Gasteiger charge is -2.17. The van der Waals surface area contributed by atoms with Crippen molar-refractivity contribution in [1.82, 2.24) is 5.16 Å². The van der Waals surface area contributed by atoms with E-state index in [1.54, 1.807) is 26.0 Å². The average Bonchev–Trinajstić information content (AvgIpc) is 3.23. The van der Waals surface area contributed by atoms with Gasteiger partial charge in [-0.15, -0.1) is 0 Å². The van der Waals surface area contributed by atoms with Gasteiger partial charge in [0.2, 0.25) is 0 Å². The first kappa shape index (κ1) is 16.9. The van der Waals surface area contributed by atoms with Crippen LogP contribution in [0.1, 0.15) is 40.2 Å². The van der Waals surface area contributed by atoms with Crippen LogP contribution in [-0.4, -0.2) is 29.1 Å². The number of aryl methyl sites for hydroxylation is 2. The van der Waals surface area contributed by atoms with Gasteiger partial charge in [0, 0.05) is 19.2 Å². The quantitative estimate of drug-likeness (QED) is 0.466. The monoisotopic (exact) mass is 345 g/mol. The van der Waals surface area contributed by atoms with Gasteiger partial charge < -0.3 is 14.2 Å². The van der Waals surface area contributed by atoms with Crippen LogP contribution in [-0.2, 0) is 11.3 Å². The Morgan fingerprint density at radius 1 is 1.36 bits per heavy atom. The number of hydrogen-bond acceptors (Lipinski definition) is 7. The van der Waals surface area contributed by atoms with Crippen molar-refractivity contribution >= 4 is 17.3 Å². The molecule has 0 unspecified atom stereocenters. The lowest BCUT2D eigenvalue weighted by atomic mass is 10.1. The lowest BCUT2D eigenvalue weighted by Crippen LogP contribution is -2.19. The fraction of sp³-hybridized carbons (Fsp3) is 0.412.